The summed E-state index contributed by atoms with van der Waals surface area (Å²) in [5.41, 5.74) is 1.13. The van der Waals surface area contributed by atoms with Crippen molar-refractivity contribution in [2.75, 3.05) is 0 Å². The minimum Gasteiger partial charge on any atom is -0.438 e. The molecule has 0 saturated heterocycles. The molecule has 0 aromatic heterocycles. The molecule has 3 heteroatoms. The van der Waals surface area contributed by atoms with Crippen LogP contribution in [0.1, 0.15) is 5.56 Å². The summed E-state index contributed by atoms with van der Waals surface area (Å²) in [7, 11) is -2.78. The molecule has 0 aliphatic rings. The van der Waals surface area contributed by atoms with Gasteiger partial charge in [0.1, 0.15) is 0 Å². The van der Waals surface area contributed by atoms with E-state index in [0.717, 1.165) is 21.1 Å². The van der Waals surface area contributed by atoms with Crippen molar-refractivity contribution in [2.24, 2.45) is 5.16 Å². The SMILES string of the molecule is C(/C=C/c1ccccc1)=NO[Si](c1ccccc1)(c1ccccc1)c1ccccc1. The predicted molar refractivity (Wildman–Crippen MR) is 129 cm³/mol. The Morgan fingerprint density at radius 1 is 0.533 bits per heavy atom. The summed E-state index contributed by atoms with van der Waals surface area (Å²) in [6.07, 6.45) is 5.66. The zero-order valence-corrected chi connectivity index (χ0v) is 17.6. The van der Waals surface area contributed by atoms with Gasteiger partial charge < -0.3 is 4.53 Å². The number of allylic oxidation sites excluding steroid dienone is 1. The first-order chi connectivity index (χ1) is 14.9. The van der Waals surface area contributed by atoms with Gasteiger partial charge in [-0.25, -0.2) is 0 Å². The van der Waals surface area contributed by atoms with Crippen molar-refractivity contribution in [1.29, 1.82) is 0 Å². The van der Waals surface area contributed by atoms with Gasteiger partial charge in [0.05, 0.1) is 6.21 Å². The van der Waals surface area contributed by atoms with Crippen molar-refractivity contribution >= 4 is 36.2 Å². The summed E-state index contributed by atoms with van der Waals surface area (Å²) in [6, 6.07) is 41.5. The Balaban J connectivity index is 1.75. The van der Waals surface area contributed by atoms with Crippen LogP contribution in [0.5, 0.6) is 0 Å². The van der Waals surface area contributed by atoms with Crippen LogP contribution < -0.4 is 15.6 Å². The summed E-state index contributed by atoms with van der Waals surface area (Å²) < 4.78 is 6.48. The minimum absolute atomic E-state index is 1.13. The van der Waals surface area contributed by atoms with Gasteiger partial charge in [0, 0.05) is 0 Å². The number of oxime groups is 1. The molecule has 0 N–H and O–H groups in total. The number of rotatable bonds is 7. The quantitative estimate of drug-likeness (QED) is 0.194. The van der Waals surface area contributed by atoms with Gasteiger partial charge in [-0.2, -0.15) is 0 Å². The molecule has 0 fully saturated rings. The first-order valence-corrected chi connectivity index (χ1v) is 11.9. The van der Waals surface area contributed by atoms with E-state index in [9.17, 15) is 0 Å². The van der Waals surface area contributed by atoms with E-state index in [-0.39, 0.29) is 0 Å². The lowest BCUT2D eigenvalue weighted by Gasteiger charge is -2.29. The zero-order valence-electron chi connectivity index (χ0n) is 16.6. The fraction of sp³-hybridized carbons (Fsp3) is 0. The van der Waals surface area contributed by atoms with Crippen LogP contribution in [0.4, 0.5) is 0 Å². The maximum absolute atomic E-state index is 6.48. The lowest BCUT2D eigenvalue weighted by Crippen LogP contribution is -2.68. The van der Waals surface area contributed by atoms with Crippen LogP contribution in [0.2, 0.25) is 0 Å². The van der Waals surface area contributed by atoms with Crippen LogP contribution >= 0.6 is 0 Å². The van der Waals surface area contributed by atoms with Crippen LogP contribution in [-0.2, 0) is 4.53 Å². The highest BCUT2D eigenvalue weighted by molar-refractivity contribution is 7.07. The molecule has 0 saturated carbocycles. The van der Waals surface area contributed by atoms with Crippen LogP contribution in [0, 0.1) is 0 Å². The van der Waals surface area contributed by atoms with Crippen LogP contribution in [0.25, 0.3) is 6.08 Å². The molecule has 0 atom stereocenters. The highest BCUT2D eigenvalue weighted by atomic mass is 28.4. The molecule has 0 heterocycles. The number of benzene rings is 4. The third-order valence-corrected chi connectivity index (χ3v) is 8.78. The van der Waals surface area contributed by atoms with Crippen molar-refractivity contribution in [3.8, 4) is 0 Å². The molecule has 0 amide bonds. The molecular formula is C27H23NOSi. The zero-order chi connectivity index (χ0) is 20.5. The fourth-order valence-electron chi connectivity index (χ4n) is 3.54. The first kappa shape index (κ1) is 19.6. The number of hydrogen-bond acceptors (Lipinski definition) is 2. The molecule has 0 aliphatic carbocycles. The smallest absolute Gasteiger partial charge is 0.380 e. The van der Waals surface area contributed by atoms with Gasteiger partial charge in [-0.05, 0) is 27.2 Å². The second kappa shape index (κ2) is 9.68. The largest absolute Gasteiger partial charge is 0.438 e. The standard InChI is InChI=1S/C27H23NOSi/c1-5-14-24(15-6-1)16-13-23-28-29-30(25-17-7-2-8-18-25,26-19-9-3-10-20-26)27-21-11-4-12-22-27/h1-23H/b16-13+,28-23?. The van der Waals surface area contributed by atoms with E-state index in [1.165, 1.54) is 0 Å². The molecule has 0 radical (unpaired) electrons. The van der Waals surface area contributed by atoms with Crippen molar-refractivity contribution in [1.82, 2.24) is 0 Å². The molecule has 2 nitrogen and oxygen atoms in total. The van der Waals surface area contributed by atoms with E-state index in [4.69, 9.17) is 4.53 Å². The van der Waals surface area contributed by atoms with Crippen molar-refractivity contribution in [2.45, 2.75) is 0 Å². The molecule has 30 heavy (non-hydrogen) atoms. The van der Waals surface area contributed by atoms with Crippen molar-refractivity contribution < 1.29 is 4.53 Å². The van der Waals surface area contributed by atoms with Crippen LogP contribution in [0.3, 0.4) is 0 Å². The topological polar surface area (TPSA) is 21.6 Å². The third-order valence-electron chi connectivity index (χ3n) is 4.97. The Morgan fingerprint density at radius 3 is 1.37 bits per heavy atom. The molecule has 4 aromatic carbocycles. The predicted octanol–water partition coefficient (Wildman–Crippen LogP) is 4.37. The van der Waals surface area contributed by atoms with Gasteiger partial charge in [-0.3, -0.25) is 0 Å². The fourth-order valence-corrected chi connectivity index (χ4v) is 7.06. The van der Waals surface area contributed by atoms with E-state index >= 15 is 0 Å². The Labute approximate surface area is 178 Å². The van der Waals surface area contributed by atoms with E-state index in [1.54, 1.807) is 6.21 Å². The van der Waals surface area contributed by atoms with Crippen LogP contribution in [0.15, 0.2) is 133 Å². The summed E-state index contributed by atoms with van der Waals surface area (Å²) in [5.74, 6) is 0. The molecule has 0 unspecified atom stereocenters. The normalized spacial score (nSPS) is 11.7. The molecule has 0 bridgehead atoms. The maximum atomic E-state index is 6.48. The Morgan fingerprint density at radius 2 is 0.933 bits per heavy atom. The Hall–Kier alpha value is -3.69. The number of hydrogen-bond donors (Lipinski definition) is 0. The summed E-state index contributed by atoms with van der Waals surface area (Å²) in [6.45, 7) is 0. The van der Waals surface area contributed by atoms with Gasteiger partial charge in [0.2, 0.25) is 0 Å². The highest BCUT2D eigenvalue weighted by Crippen LogP contribution is 2.10. The average molecular weight is 406 g/mol. The molecule has 0 aliphatic heterocycles. The highest BCUT2D eigenvalue weighted by Gasteiger charge is 2.44. The maximum Gasteiger partial charge on any atom is 0.380 e. The van der Waals surface area contributed by atoms with Gasteiger partial charge in [-0.15, -0.1) is 5.16 Å². The third kappa shape index (κ3) is 4.32. The molecule has 4 aromatic rings. The second-order valence-corrected chi connectivity index (χ2v) is 10.2. The van der Waals surface area contributed by atoms with Crippen LogP contribution in [-0.4, -0.2) is 14.5 Å². The van der Waals surface area contributed by atoms with Gasteiger partial charge in [0.25, 0.3) is 0 Å². The molecule has 0 spiro atoms. The van der Waals surface area contributed by atoms with E-state index in [2.05, 4.69) is 90.1 Å². The van der Waals surface area contributed by atoms with Gasteiger partial charge >= 0.3 is 8.32 Å². The molecular weight excluding hydrogens is 382 g/mol. The first-order valence-electron chi connectivity index (χ1n) is 9.99. The van der Waals surface area contributed by atoms with E-state index in [1.807, 2.05) is 48.6 Å². The lowest BCUT2D eigenvalue weighted by atomic mass is 10.2. The van der Waals surface area contributed by atoms with E-state index in [0.29, 0.717) is 0 Å². The van der Waals surface area contributed by atoms with Crippen molar-refractivity contribution in [3.63, 3.8) is 0 Å². The minimum atomic E-state index is -2.78. The molecule has 146 valence electrons. The lowest BCUT2D eigenvalue weighted by molar-refractivity contribution is 0.352. The summed E-state index contributed by atoms with van der Waals surface area (Å²) in [5, 5.41) is 7.91. The summed E-state index contributed by atoms with van der Waals surface area (Å²) in [4.78, 5) is 0. The summed E-state index contributed by atoms with van der Waals surface area (Å²) >= 11 is 0. The Bertz CT molecular complexity index is 998. The molecule has 4 rings (SSSR count). The van der Waals surface area contributed by atoms with Crippen molar-refractivity contribution in [3.05, 3.63) is 133 Å². The monoisotopic (exact) mass is 405 g/mol. The Kier molecular flexibility index (Phi) is 6.33. The second-order valence-electron chi connectivity index (χ2n) is 6.89. The van der Waals surface area contributed by atoms with Gasteiger partial charge in [0.15, 0.2) is 0 Å². The van der Waals surface area contributed by atoms with Gasteiger partial charge in [-0.1, -0.05) is 127 Å². The number of nitrogens with zero attached hydrogens (tertiary/aromatic N) is 1. The van der Waals surface area contributed by atoms with E-state index < -0.39 is 8.32 Å². The average Bonchev–Trinajstić information content (AvgIpc) is 2.84.